The highest BCUT2D eigenvalue weighted by Crippen LogP contribution is 2.24. The van der Waals surface area contributed by atoms with Gasteiger partial charge >= 0.3 is 5.97 Å². The molecule has 8 heteroatoms. The highest BCUT2D eigenvalue weighted by atomic mass is 16.5. The second-order valence-electron chi connectivity index (χ2n) is 9.47. The Labute approximate surface area is 223 Å². The van der Waals surface area contributed by atoms with Crippen molar-refractivity contribution in [2.75, 3.05) is 26.2 Å². The Hall–Kier alpha value is -4.07. The molecule has 2 heterocycles. The third kappa shape index (κ3) is 5.59. The third-order valence-electron chi connectivity index (χ3n) is 6.74. The van der Waals surface area contributed by atoms with Gasteiger partial charge in [-0.05, 0) is 38.8 Å². The molecule has 4 rings (SSSR count). The summed E-state index contributed by atoms with van der Waals surface area (Å²) in [5.74, 6) is -0.611. The molecule has 38 heavy (non-hydrogen) atoms. The second kappa shape index (κ2) is 12.0. The number of ether oxygens (including phenoxy) is 1. The van der Waals surface area contributed by atoms with Crippen LogP contribution in [-0.2, 0) is 11.2 Å². The molecule has 1 saturated heterocycles. The van der Waals surface area contributed by atoms with Crippen molar-refractivity contribution in [3.05, 3.63) is 82.7 Å². The lowest BCUT2D eigenvalue weighted by Crippen LogP contribution is -2.55. The molecule has 0 bridgehead atoms. The van der Waals surface area contributed by atoms with Gasteiger partial charge in [-0.2, -0.15) is 0 Å². The van der Waals surface area contributed by atoms with E-state index in [-0.39, 0.29) is 35.7 Å². The second-order valence-corrected chi connectivity index (χ2v) is 9.47. The first kappa shape index (κ1) is 27.0. The number of benzene rings is 2. The number of hydrogen-bond acceptors (Lipinski definition) is 6. The summed E-state index contributed by atoms with van der Waals surface area (Å²) in [6, 6.07) is 16.7. The molecular formula is C30H34N4O4. The Bertz CT molecular complexity index is 1330. The first-order chi connectivity index (χ1) is 18.3. The van der Waals surface area contributed by atoms with Crippen molar-refractivity contribution < 1.29 is 19.1 Å². The monoisotopic (exact) mass is 514 g/mol. The van der Waals surface area contributed by atoms with Crippen LogP contribution < -0.4 is 0 Å². The van der Waals surface area contributed by atoms with Crippen LogP contribution in [0.5, 0.6) is 0 Å². The number of amides is 2. The minimum absolute atomic E-state index is 0.0476. The van der Waals surface area contributed by atoms with Crippen LogP contribution in [0.4, 0.5) is 0 Å². The first-order valence-electron chi connectivity index (χ1n) is 13.1. The van der Waals surface area contributed by atoms with Gasteiger partial charge in [-0.1, -0.05) is 61.9 Å². The van der Waals surface area contributed by atoms with E-state index in [0.717, 1.165) is 17.5 Å². The number of aryl methyl sites for hydroxylation is 2. The summed E-state index contributed by atoms with van der Waals surface area (Å²) in [6.07, 6.45) is 1.24. The van der Waals surface area contributed by atoms with Crippen molar-refractivity contribution in [2.45, 2.75) is 46.6 Å². The summed E-state index contributed by atoms with van der Waals surface area (Å²) in [6.45, 7) is 8.78. The number of rotatable bonds is 7. The predicted octanol–water partition coefficient (Wildman–Crippen LogP) is 4.57. The topological polar surface area (TPSA) is 92.7 Å². The quantitative estimate of drug-likeness (QED) is 0.429. The molecule has 2 aromatic carbocycles. The molecule has 0 aliphatic carbocycles. The fourth-order valence-electron chi connectivity index (χ4n) is 4.77. The van der Waals surface area contributed by atoms with Gasteiger partial charge in [0, 0.05) is 36.8 Å². The van der Waals surface area contributed by atoms with Crippen molar-refractivity contribution in [1.82, 2.24) is 19.8 Å². The molecule has 1 unspecified atom stereocenters. The SMILES string of the molecule is CCCc1nc(-c2ccccc2)nc(C(=O)N2CCN(C(=O)c3ccccc3C)C(C)C2)c1C(=O)OCC. The minimum Gasteiger partial charge on any atom is -0.462 e. The molecule has 1 aliphatic heterocycles. The number of piperazine rings is 1. The molecule has 0 spiro atoms. The standard InChI is InChI=1S/C30H34N4O4/c1-5-12-24-25(30(37)38-6-2)26(32-27(31-24)22-14-8-7-9-15-22)29(36)33-17-18-34(21(4)19-33)28(35)23-16-11-10-13-20(23)3/h7-11,13-16,21H,5-6,12,17-19H2,1-4H3. The molecule has 3 aromatic rings. The van der Waals surface area contributed by atoms with Crippen LogP contribution in [0.2, 0.25) is 0 Å². The van der Waals surface area contributed by atoms with Crippen molar-refractivity contribution in [3.63, 3.8) is 0 Å². The highest BCUT2D eigenvalue weighted by molar-refractivity contribution is 6.05. The minimum atomic E-state index is -0.597. The van der Waals surface area contributed by atoms with E-state index >= 15 is 0 Å². The Morgan fingerprint density at radius 3 is 2.32 bits per heavy atom. The Kier molecular flexibility index (Phi) is 8.51. The zero-order valence-electron chi connectivity index (χ0n) is 22.4. The van der Waals surface area contributed by atoms with Gasteiger partial charge in [-0.25, -0.2) is 14.8 Å². The van der Waals surface area contributed by atoms with Gasteiger partial charge < -0.3 is 14.5 Å². The summed E-state index contributed by atoms with van der Waals surface area (Å²) in [4.78, 5) is 53.0. The van der Waals surface area contributed by atoms with E-state index in [1.54, 1.807) is 16.7 Å². The summed E-state index contributed by atoms with van der Waals surface area (Å²) >= 11 is 0. The van der Waals surface area contributed by atoms with Crippen LogP contribution in [0.1, 0.15) is 69.7 Å². The van der Waals surface area contributed by atoms with Crippen LogP contribution >= 0.6 is 0 Å². The molecule has 1 atom stereocenters. The van der Waals surface area contributed by atoms with Gasteiger partial charge in [-0.15, -0.1) is 0 Å². The molecule has 0 radical (unpaired) electrons. The van der Waals surface area contributed by atoms with E-state index in [4.69, 9.17) is 4.74 Å². The molecule has 1 aliphatic rings. The smallest absolute Gasteiger partial charge is 0.342 e. The van der Waals surface area contributed by atoms with Crippen molar-refractivity contribution in [2.24, 2.45) is 0 Å². The Balaban J connectivity index is 1.68. The number of hydrogen-bond donors (Lipinski definition) is 0. The maximum Gasteiger partial charge on any atom is 0.342 e. The van der Waals surface area contributed by atoms with Gasteiger partial charge in [0.2, 0.25) is 0 Å². The van der Waals surface area contributed by atoms with Gasteiger partial charge in [0.25, 0.3) is 11.8 Å². The van der Waals surface area contributed by atoms with E-state index in [9.17, 15) is 14.4 Å². The van der Waals surface area contributed by atoms with Crippen molar-refractivity contribution >= 4 is 17.8 Å². The van der Waals surface area contributed by atoms with E-state index in [2.05, 4.69) is 9.97 Å². The molecular weight excluding hydrogens is 480 g/mol. The lowest BCUT2D eigenvalue weighted by atomic mass is 10.0. The largest absolute Gasteiger partial charge is 0.462 e. The molecule has 198 valence electrons. The van der Waals surface area contributed by atoms with Crippen LogP contribution in [-0.4, -0.2) is 69.8 Å². The summed E-state index contributed by atoms with van der Waals surface area (Å²) in [5.41, 5.74) is 3.02. The van der Waals surface area contributed by atoms with E-state index in [0.29, 0.717) is 43.1 Å². The lowest BCUT2D eigenvalue weighted by molar-refractivity contribution is 0.0405. The highest BCUT2D eigenvalue weighted by Gasteiger charge is 2.34. The van der Waals surface area contributed by atoms with Gasteiger partial charge in [0.15, 0.2) is 5.82 Å². The summed E-state index contributed by atoms with van der Waals surface area (Å²) in [7, 11) is 0. The number of esters is 1. The number of carbonyl (C=O) groups is 3. The molecule has 1 aromatic heterocycles. The van der Waals surface area contributed by atoms with E-state index < -0.39 is 5.97 Å². The Morgan fingerprint density at radius 1 is 0.947 bits per heavy atom. The zero-order chi connectivity index (χ0) is 27.2. The van der Waals surface area contributed by atoms with Crippen LogP contribution in [0.3, 0.4) is 0 Å². The van der Waals surface area contributed by atoms with Gasteiger partial charge in [0.05, 0.1) is 12.3 Å². The van der Waals surface area contributed by atoms with Gasteiger partial charge in [0.1, 0.15) is 11.3 Å². The van der Waals surface area contributed by atoms with Crippen LogP contribution in [0.15, 0.2) is 54.6 Å². The average Bonchev–Trinajstić information content (AvgIpc) is 2.93. The van der Waals surface area contributed by atoms with Gasteiger partial charge in [-0.3, -0.25) is 9.59 Å². The maximum absolute atomic E-state index is 13.9. The molecule has 2 amide bonds. The Morgan fingerprint density at radius 2 is 1.66 bits per heavy atom. The van der Waals surface area contributed by atoms with E-state index in [1.165, 1.54) is 0 Å². The summed E-state index contributed by atoms with van der Waals surface area (Å²) in [5, 5.41) is 0. The first-order valence-corrected chi connectivity index (χ1v) is 13.1. The molecule has 8 nitrogen and oxygen atoms in total. The lowest BCUT2D eigenvalue weighted by Gasteiger charge is -2.40. The van der Waals surface area contributed by atoms with Crippen LogP contribution in [0.25, 0.3) is 11.4 Å². The predicted molar refractivity (Wildman–Crippen MR) is 145 cm³/mol. The van der Waals surface area contributed by atoms with Crippen molar-refractivity contribution in [1.29, 1.82) is 0 Å². The van der Waals surface area contributed by atoms with Crippen molar-refractivity contribution in [3.8, 4) is 11.4 Å². The number of aromatic nitrogens is 2. The fraction of sp³-hybridized carbons (Fsp3) is 0.367. The number of nitrogens with zero attached hydrogens (tertiary/aromatic N) is 4. The molecule has 0 N–H and O–H groups in total. The maximum atomic E-state index is 13.9. The summed E-state index contributed by atoms with van der Waals surface area (Å²) < 4.78 is 5.33. The third-order valence-corrected chi connectivity index (χ3v) is 6.74. The average molecular weight is 515 g/mol. The fourth-order valence-corrected chi connectivity index (χ4v) is 4.77. The zero-order valence-corrected chi connectivity index (χ0v) is 22.4. The van der Waals surface area contributed by atoms with E-state index in [1.807, 2.05) is 75.4 Å². The van der Waals surface area contributed by atoms with Crippen LogP contribution in [0, 0.1) is 6.92 Å². The molecule has 1 fully saturated rings. The normalized spacial score (nSPS) is 15.3. The molecule has 0 saturated carbocycles. The number of carbonyl (C=O) groups excluding carboxylic acids is 3.